The normalized spacial score (nSPS) is 17.9. The summed E-state index contributed by atoms with van der Waals surface area (Å²) in [5.74, 6) is -4.60. The molecule has 2 aromatic carbocycles. The van der Waals surface area contributed by atoms with Crippen LogP contribution in [0.4, 0.5) is 18.0 Å². The lowest BCUT2D eigenvalue weighted by molar-refractivity contribution is -0.157. The predicted octanol–water partition coefficient (Wildman–Crippen LogP) is 5.11. The lowest BCUT2D eigenvalue weighted by Crippen LogP contribution is -2.47. The zero-order valence-corrected chi connectivity index (χ0v) is 27.3. The standard InChI is InChI=1S/C33H31F3N4O9S/c1-21(50-25-15-45-31(46-16-25)5-3-2-4-23-7-6-22(14-37)12-27(23)35)33(17-40-19-38-18-39-40,26-9-8-24(34)13-28(26)36)49-32(44)48-20-47-30(43)11-10-29(41)42/h2-9,12-13,18-19,21,25,31H,10-11,15-17,20H2,1H3,(H,41,42). The Morgan fingerprint density at radius 2 is 1.90 bits per heavy atom. The summed E-state index contributed by atoms with van der Waals surface area (Å²) < 4.78 is 72.0. The number of nitrogens with zero attached hydrogens (tertiary/aromatic N) is 4. The topological polar surface area (TPSA) is 172 Å². The molecular weight excluding hydrogens is 685 g/mol. The number of nitriles is 1. The minimum Gasteiger partial charge on any atom is -0.481 e. The molecule has 1 N–H and O–H groups in total. The highest BCUT2D eigenvalue weighted by atomic mass is 32.2. The molecule has 17 heteroatoms. The molecule has 1 aromatic heterocycles. The average molecular weight is 717 g/mol. The number of aliphatic carboxylic acids is 1. The fraction of sp³-hybridized carbons (Fsp3) is 0.333. The molecule has 2 atom stereocenters. The Balaban J connectivity index is 1.46. The molecule has 50 heavy (non-hydrogen) atoms. The number of rotatable bonds is 15. The first-order valence-corrected chi connectivity index (χ1v) is 15.9. The number of benzene rings is 2. The van der Waals surface area contributed by atoms with Crippen molar-refractivity contribution in [2.45, 2.75) is 48.7 Å². The van der Waals surface area contributed by atoms with Crippen molar-refractivity contribution in [1.29, 1.82) is 5.26 Å². The van der Waals surface area contributed by atoms with E-state index in [1.54, 1.807) is 25.2 Å². The molecule has 264 valence electrons. The van der Waals surface area contributed by atoms with Crippen molar-refractivity contribution >= 4 is 35.9 Å². The molecular formula is C33H31F3N4O9S. The second-order valence-electron chi connectivity index (χ2n) is 10.7. The first kappa shape index (κ1) is 37.6. The third kappa shape index (κ3) is 10.7. The molecule has 1 fully saturated rings. The smallest absolute Gasteiger partial charge is 0.481 e. The minimum atomic E-state index is -1.91. The van der Waals surface area contributed by atoms with E-state index in [4.69, 9.17) is 34.1 Å². The number of aromatic nitrogens is 3. The van der Waals surface area contributed by atoms with Gasteiger partial charge in [-0.2, -0.15) is 10.4 Å². The van der Waals surface area contributed by atoms with E-state index in [2.05, 4.69) is 10.1 Å². The van der Waals surface area contributed by atoms with Crippen LogP contribution in [0.1, 0.15) is 36.5 Å². The van der Waals surface area contributed by atoms with Gasteiger partial charge in [0.15, 0.2) is 11.9 Å². The third-order valence-corrected chi connectivity index (χ3v) is 8.63. The van der Waals surface area contributed by atoms with Gasteiger partial charge in [-0.3, -0.25) is 9.59 Å². The largest absolute Gasteiger partial charge is 0.512 e. The zero-order valence-electron chi connectivity index (χ0n) is 26.4. The molecule has 13 nitrogen and oxygen atoms in total. The number of carbonyl (C=O) groups is 3. The van der Waals surface area contributed by atoms with Crippen LogP contribution in [0.3, 0.4) is 0 Å². The third-order valence-electron chi connectivity index (χ3n) is 7.19. The van der Waals surface area contributed by atoms with Crippen LogP contribution in [0.25, 0.3) is 6.08 Å². The molecule has 1 aliphatic rings. The number of hydrogen-bond acceptors (Lipinski definition) is 12. The fourth-order valence-electron chi connectivity index (χ4n) is 4.73. The van der Waals surface area contributed by atoms with Crippen LogP contribution in [0.5, 0.6) is 0 Å². The van der Waals surface area contributed by atoms with Crippen LogP contribution in [-0.2, 0) is 45.4 Å². The Bertz CT molecular complexity index is 1740. The highest BCUT2D eigenvalue weighted by molar-refractivity contribution is 8.00. The molecule has 3 aromatic rings. The van der Waals surface area contributed by atoms with E-state index in [0.29, 0.717) is 11.6 Å². The molecule has 0 aliphatic carbocycles. The summed E-state index contributed by atoms with van der Waals surface area (Å²) in [6.07, 6.45) is 5.78. The SMILES string of the molecule is CC(SC1COC(C=CC=Cc2ccc(C#N)cc2F)OC1)C(Cn1cncn1)(OC(=O)OCOC(=O)CCC(=O)O)c1ccc(F)cc1F. The van der Waals surface area contributed by atoms with Crippen molar-refractivity contribution in [2.24, 2.45) is 0 Å². The number of esters is 1. The van der Waals surface area contributed by atoms with Gasteiger partial charge in [0.1, 0.15) is 30.1 Å². The summed E-state index contributed by atoms with van der Waals surface area (Å²) in [5, 5.41) is 20.5. The fourth-order valence-corrected chi connectivity index (χ4v) is 6.09. The van der Waals surface area contributed by atoms with Gasteiger partial charge in [-0.15, -0.1) is 11.8 Å². The first-order valence-electron chi connectivity index (χ1n) is 14.9. The number of ether oxygens (including phenoxy) is 5. The molecule has 0 spiro atoms. The number of thioether (sulfide) groups is 1. The van der Waals surface area contributed by atoms with Crippen LogP contribution in [0, 0.1) is 28.8 Å². The van der Waals surface area contributed by atoms with Crippen molar-refractivity contribution in [3.05, 3.63) is 101 Å². The number of carbonyl (C=O) groups excluding carboxylic acids is 2. The highest BCUT2D eigenvalue weighted by Gasteiger charge is 2.47. The second kappa shape index (κ2) is 18.0. The van der Waals surface area contributed by atoms with Gasteiger partial charge in [0.25, 0.3) is 0 Å². The van der Waals surface area contributed by atoms with Crippen molar-refractivity contribution in [3.8, 4) is 6.07 Å². The van der Waals surface area contributed by atoms with Gasteiger partial charge in [0, 0.05) is 22.4 Å². The molecule has 0 radical (unpaired) electrons. The maximum absolute atomic E-state index is 15.5. The monoisotopic (exact) mass is 716 g/mol. The van der Waals surface area contributed by atoms with E-state index in [0.717, 1.165) is 18.2 Å². The molecule has 0 amide bonds. The van der Waals surface area contributed by atoms with Crippen LogP contribution >= 0.6 is 11.8 Å². The summed E-state index contributed by atoms with van der Waals surface area (Å²) in [6, 6.07) is 8.76. The Morgan fingerprint density at radius 3 is 2.56 bits per heavy atom. The average Bonchev–Trinajstić information content (AvgIpc) is 3.59. The number of allylic oxidation sites excluding steroid dienone is 2. The number of carboxylic acids is 1. The quantitative estimate of drug-likeness (QED) is 0.125. The minimum absolute atomic E-state index is 0.153. The zero-order chi connectivity index (χ0) is 36.1. The Labute approximate surface area is 288 Å². The van der Waals surface area contributed by atoms with Crippen molar-refractivity contribution in [2.75, 3.05) is 20.0 Å². The van der Waals surface area contributed by atoms with Crippen LogP contribution < -0.4 is 0 Å². The van der Waals surface area contributed by atoms with Crippen LogP contribution in [-0.4, -0.2) is 74.8 Å². The summed E-state index contributed by atoms with van der Waals surface area (Å²) in [5.41, 5.74) is -1.63. The van der Waals surface area contributed by atoms with E-state index >= 15 is 4.39 Å². The highest BCUT2D eigenvalue weighted by Crippen LogP contribution is 2.42. The van der Waals surface area contributed by atoms with Gasteiger partial charge in [0.05, 0.1) is 49.5 Å². The lowest BCUT2D eigenvalue weighted by Gasteiger charge is -2.40. The number of hydrogen-bond donors (Lipinski definition) is 1. The van der Waals surface area contributed by atoms with Crippen molar-refractivity contribution in [3.63, 3.8) is 0 Å². The maximum Gasteiger partial charge on any atom is 0.512 e. The molecule has 2 unspecified atom stereocenters. The van der Waals surface area contributed by atoms with Gasteiger partial charge in [-0.1, -0.05) is 24.3 Å². The summed E-state index contributed by atoms with van der Waals surface area (Å²) in [7, 11) is 0. The lowest BCUT2D eigenvalue weighted by atomic mass is 9.89. The molecule has 2 heterocycles. The first-order chi connectivity index (χ1) is 24.0. The Morgan fingerprint density at radius 1 is 1.12 bits per heavy atom. The maximum atomic E-state index is 15.5. The van der Waals surface area contributed by atoms with E-state index < -0.39 is 72.3 Å². The van der Waals surface area contributed by atoms with Crippen molar-refractivity contribution in [1.82, 2.24) is 14.8 Å². The van der Waals surface area contributed by atoms with Gasteiger partial charge in [-0.05, 0) is 37.3 Å². The molecule has 0 bridgehead atoms. The van der Waals surface area contributed by atoms with E-state index in [-0.39, 0.29) is 36.1 Å². The van der Waals surface area contributed by atoms with Gasteiger partial charge >= 0.3 is 18.1 Å². The van der Waals surface area contributed by atoms with Gasteiger partial charge in [-0.25, -0.2) is 27.6 Å². The molecule has 1 saturated heterocycles. The number of halogens is 3. The molecule has 4 rings (SSSR count). The van der Waals surface area contributed by atoms with E-state index in [1.165, 1.54) is 47.3 Å². The summed E-state index contributed by atoms with van der Waals surface area (Å²) >= 11 is 1.22. The molecule has 1 aliphatic heterocycles. The predicted molar refractivity (Wildman–Crippen MR) is 169 cm³/mol. The number of carboxylic acid groups (broad SMARTS) is 1. The Kier molecular flexibility index (Phi) is 13.5. The summed E-state index contributed by atoms with van der Waals surface area (Å²) in [4.78, 5) is 39.4. The summed E-state index contributed by atoms with van der Waals surface area (Å²) in [6.45, 7) is 0.729. The molecule has 0 saturated carbocycles. The van der Waals surface area contributed by atoms with Gasteiger partial charge < -0.3 is 28.8 Å². The van der Waals surface area contributed by atoms with Crippen LogP contribution in [0.2, 0.25) is 0 Å². The van der Waals surface area contributed by atoms with Crippen LogP contribution in [0.15, 0.2) is 67.3 Å². The second-order valence-corrected chi connectivity index (χ2v) is 12.3. The van der Waals surface area contributed by atoms with E-state index in [1.807, 2.05) is 6.07 Å². The Hall–Kier alpha value is -5.18. The van der Waals surface area contributed by atoms with Crippen molar-refractivity contribution < 1.29 is 56.3 Å². The van der Waals surface area contributed by atoms with Gasteiger partial charge in [0.2, 0.25) is 6.79 Å². The van der Waals surface area contributed by atoms with E-state index in [9.17, 15) is 23.2 Å².